The number of benzene rings is 3. The van der Waals surface area contributed by atoms with Gasteiger partial charge in [0.1, 0.15) is 18.3 Å². The summed E-state index contributed by atoms with van der Waals surface area (Å²) in [5.41, 5.74) is 3.32. The van der Waals surface area contributed by atoms with Gasteiger partial charge in [0.2, 0.25) is 5.91 Å². The maximum Gasteiger partial charge on any atom is 0.223 e. The van der Waals surface area contributed by atoms with E-state index < -0.39 is 0 Å². The van der Waals surface area contributed by atoms with Crippen molar-refractivity contribution in [2.45, 2.75) is 63.4 Å². The fourth-order valence-corrected chi connectivity index (χ4v) is 5.12. The van der Waals surface area contributed by atoms with Crippen molar-refractivity contribution in [1.29, 1.82) is 0 Å². The molecule has 2 fully saturated rings. The van der Waals surface area contributed by atoms with E-state index in [1.807, 2.05) is 59.5 Å². The van der Waals surface area contributed by atoms with Crippen LogP contribution in [0, 0.1) is 0 Å². The lowest BCUT2D eigenvalue weighted by atomic mass is 9.86. The molecule has 5 nitrogen and oxygen atoms in total. The molecule has 182 valence electrons. The number of ether oxygens (including phenoxy) is 3. The number of fused-ring (bicyclic) bond motifs is 1. The van der Waals surface area contributed by atoms with E-state index in [4.69, 9.17) is 14.2 Å². The molecule has 0 aliphatic carbocycles. The second kappa shape index (κ2) is 11.6. The molecule has 0 saturated carbocycles. The number of amides is 1. The summed E-state index contributed by atoms with van der Waals surface area (Å²) in [5.74, 6) is 0.185. The Bertz CT molecular complexity index is 1060. The molecule has 3 aromatic carbocycles. The molecule has 0 bridgehead atoms. The van der Waals surface area contributed by atoms with E-state index in [-0.39, 0.29) is 30.3 Å². The van der Waals surface area contributed by atoms with Gasteiger partial charge in [0.15, 0.2) is 0 Å². The number of carbonyl (C=O) groups excluding carboxylic acids is 1. The van der Waals surface area contributed by atoms with Gasteiger partial charge in [0, 0.05) is 13.0 Å². The van der Waals surface area contributed by atoms with Gasteiger partial charge in [-0.1, -0.05) is 91.0 Å². The second-order valence-electron chi connectivity index (χ2n) is 9.36. The molecule has 5 heteroatoms. The number of hydrogen-bond donors (Lipinski definition) is 0. The SMILES string of the molecule is O=C1CCC[C@@H]2[C@@H](OCc3ccccc3)[C@H](OCc3ccccc3)[C@H](OCc3ccccc3)CN12. The highest BCUT2D eigenvalue weighted by atomic mass is 16.6. The monoisotopic (exact) mass is 471 g/mol. The summed E-state index contributed by atoms with van der Waals surface area (Å²) in [5, 5.41) is 0. The van der Waals surface area contributed by atoms with Gasteiger partial charge in [0.25, 0.3) is 0 Å². The summed E-state index contributed by atoms with van der Waals surface area (Å²) in [4.78, 5) is 14.9. The van der Waals surface area contributed by atoms with E-state index >= 15 is 0 Å². The zero-order chi connectivity index (χ0) is 23.9. The van der Waals surface area contributed by atoms with Crippen LogP contribution in [0.2, 0.25) is 0 Å². The molecule has 0 spiro atoms. The highest BCUT2D eigenvalue weighted by Crippen LogP contribution is 2.33. The third kappa shape index (κ3) is 5.99. The van der Waals surface area contributed by atoms with Crippen molar-refractivity contribution < 1.29 is 19.0 Å². The van der Waals surface area contributed by atoms with Crippen molar-refractivity contribution in [2.24, 2.45) is 0 Å². The average molecular weight is 472 g/mol. The summed E-state index contributed by atoms with van der Waals surface area (Å²) >= 11 is 0. The summed E-state index contributed by atoms with van der Waals surface area (Å²) in [7, 11) is 0. The summed E-state index contributed by atoms with van der Waals surface area (Å²) < 4.78 is 19.6. The third-order valence-electron chi connectivity index (χ3n) is 6.93. The van der Waals surface area contributed by atoms with Crippen LogP contribution in [0.1, 0.15) is 36.0 Å². The molecule has 0 unspecified atom stereocenters. The average Bonchev–Trinajstić information content (AvgIpc) is 2.91. The number of carbonyl (C=O) groups is 1. The first kappa shape index (κ1) is 23.7. The number of nitrogens with zero attached hydrogens (tertiary/aromatic N) is 1. The Labute approximate surface area is 207 Å². The molecule has 5 rings (SSSR count). The molecule has 1 amide bonds. The Morgan fingerprint density at radius 2 is 1.14 bits per heavy atom. The van der Waals surface area contributed by atoms with Crippen LogP contribution in [-0.2, 0) is 38.8 Å². The van der Waals surface area contributed by atoms with Gasteiger partial charge >= 0.3 is 0 Å². The van der Waals surface area contributed by atoms with Crippen LogP contribution in [0.15, 0.2) is 91.0 Å². The molecule has 2 saturated heterocycles. The number of hydrogen-bond acceptors (Lipinski definition) is 4. The Kier molecular flexibility index (Phi) is 7.89. The van der Waals surface area contributed by atoms with Gasteiger partial charge in [0.05, 0.1) is 25.9 Å². The fraction of sp³-hybridized carbons (Fsp3) is 0.367. The summed E-state index contributed by atoms with van der Waals surface area (Å²) in [6.07, 6.45) is 1.56. The van der Waals surface area contributed by atoms with Crippen LogP contribution in [0.5, 0.6) is 0 Å². The minimum Gasteiger partial charge on any atom is -0.369 e. The molecule has 2 aliphatic heterocycles. The number of rotatable bonds is 9. The van der Waals surface area contributed by atoms with Gasteiger partial charge in [-0.3, -0.25) is 4.79 Å². The zero-order valence-corrected chi connectivity index (χ0v) is 20.0. The predicted molar refractivity (Wildman–Crippen MR) is 134 cm³/mol. The van der Waals surface area contributed by atoms with Crippen LogP contribution >= 0.6 is 0 Å². The van der Waals surface area contributed by atoms with E-state index in [1.165, 1.54) is 0 Å². The van der Waals surface area contributed by atoms with E-state index in [0.29, 0.717) is 32.8 Å². The molecule has 3 aromatic rings. The van der Waals surface area contributed by atoms with Gasteiger partial charge in [-0.2, -0.15) is 0 Å². The summed E-state index contributed by atoms with van der Waals surface area (Å²) in [6.45, 7) is 1.94. The molecular formula is C30H33NO4. The maximum atomic E-state index is 12.9. The van der Waals surface area contributed by atoms with Crippen molar-refractivity contribution in [2.75, 3.05) is 6.54 Å². The Balaban J connectivity index is 1.39. The predicted octanol–water partition coefficient (Wildman–Crippen LogP) is 5.14. The lowest BCUT2D eigenvalue weighted by Gasteiger charge is -2.50. The first-order valence-corrected chi connectivity index (χ1v) is 12.5. The van der Waals surface area contributed by atoms with Crippen LogP contribution in [0.3, 0.4) is 0 Å². The van der Waals surface area contributed by atoms with Gasteiger partial charge in [-0.25, -0.2) is 0 Å². The molecule has 0 aromatic heterocycles. The molecule has 2 heterocycles. The van der Waals surface area contributed by atoms with E-state index in [0.717, 1.165) is 29.5 Å². The van der Waals surface area contributed by atoms with Gasteiger partial charge < -0.3 is 19.1 Å². The van der Waals surface area contributed by atoms with E-state index in [1.54, 1.807) is 0 Å². The molecule has 2 aliphatic rings. The smallest absolute Gasteiger partial charge is 0.223 e. The van der Waals surface area contributed by atoms with Gasteiger partial charge in [-0.05, 0) is 29.5 Å². The van der Waals surface area contributed by atoms with Gasteiger partial charge in [-0.15, -0.1) is 0 Å². The minimum atomic E-state index is -0.283. The van der Waals surface area contributed by atoms with Crippen molar-refractivity contribution in [1.82, 2.24) is 4.90 Å². The largest absolute Gasteiger partial charge is 0.369 e. The van der Waals surface area contributed by atoms with Crippen LogP contribution in [-0.4, -0.2) is 41.7 Å². The topological polar surface area (TPSA) is 48.0 Å². The van der Waals surface area contributed by atoms with Crippen molar-refractivity contribution in [3.05, 3.63) is 108 Å². The second-order valence-corrected chi connectivity index (χ2v) is 9.36. The highest BCUT2D eigenvalue weighted by molar-refractivity contribution is 5.77. The van der Waals surface area contributed by atoms with Crippen molar-refractivity contribution >= 4 is 5.91 Å². The molecule has 0 radical (unpaired) electrons. The van der Waals surface area contributed by atoms with Crippen LogP contribution in [0.25, 0.3) is 0 Å². The molecule has 4 atom stereocenters. The number of piperidine rings is 2. The quantitative estimate of drug-likeness (QED) is 0.434. The first-order chi connectivity index (χ1) is 17.3. The Morgan fingerprint density at radius 3 is 1.69 bits per heavy atom. The lowest BCUT2D eigenvalue weighted by molar-refractivity contribution is -0.209. The van der Waals surface area contributed by atoms with Crippen LogP contribution in [0.4, 0.5) is 0 Å². The Hall–Kier alpha value is -2.99. The van der Waals surface area contributed by atoms with Crippen molar-refractivity contribution in [3.8, 4) is 0 Å². The van der Waals surface area contributed by atoms with E-state index in [2.05, 4.69) is 36.4 Å². The molecular weight excluding hydrogens is 438 g/mol. The zero-order valence-electron chi connectivity index (χ0n) is 20.0. The Morgan fingerprint density at radius 1 is 0.657 bits per heavy atom. The minimum absolute atomic E-state index is 0.00249. The fourth-order valence-electron chi connectivity index (χ4n) is 5.12. The summed E-state index contributed by atoms with van der Waals surface area (Å²) in [6, 6.07) is 30.5. The van der Waals surface area contributed by atoms with Crippen molar-refractivity contribution in [3.63, 3.8) is 0 Å². The molecule has 0 N–H and O–H groups in total. The first-order valence-electron chi connectivity index (χ1n) is 12.5. The van der Waals surface area contributed by atoms with Crippen LogP contribution < -0.4 is 0 Å². The normalized spacial score (nSPS) is 24.2. The highest BCUT2D eigenvalue weighted by Gasteiger charge is 2.48. The maximum absolute atomic E-state index is 12.9. The van der Waals surface area contributed by atoms with E-state index in [9.17, 15) is 4.79 Å². The standard InChI is InChI=1S/C30H33NO4/c32-28-18-10-17-26-29(34-21-24-13-6-2-7-14-24)30(35-22-25-15-8-3-9-16-25)27(19-31(26)28)33-20-23-11-4-1-5-12-23/h1-9,11-16,26-27,29-30H,10,17-22H2/t26-,27-,29-,30-/m1/s1. The third-order valence-corrected chi connectivity index (χ3v) is 6.93. The lowest BCUT2D eigenvalue weighted by Crippen LogP contribution is -2.65. The molecule has 35 heavy (non-hydrogen) atoms.